The van der Waals surface area contributed by atoms with Crippen LogP contribution in [0.2, 0.25) is 0 Å². The maximum absolute atomic E-state index is 13.1. The number of aromatic nitrogens is 2. The van der Waals surface area contributed by atoms with Gasteiger partial charge >= 0.3 is 6.36 Å². The highest BCUT2D eigenvalue weighted by atomic mass is 19.4. The van der Waals surface area contributed by atoms with E-state index in [1.165, 1.54) is 24.3 Å². The molecule has 3 aromatic rings. The lowest BCUT2D eigenvalue weighted by molar-refractivity contribution is -0.274. The Morgan fingerprint density at radius 2 is 1.78 bits per heavy atom. The van der Waals surface area contributed by atoms with Crippen molar-refractivity contribution in [3.8, 4) is 17.2 Å². The van der Waals surface area contributed by atoms with Crippen LogP contribution in [0.25, 0.3) is 11.5 Å². The first kappa shape index (κ1) is 24.3. The molecule has 3 heterocycles. The molecule has 1 amide bonds. The third-order valence-electron chi connectivity index (χ3n) is 6.49. The second kappa shape index (κ2) is 9.55. The van der Waals surface area contributed by atoms with Crippen LogP contribution in [-0.4, -0.2) is 70.3 Å². The molecule has 0 spiro atoms. The molecule has 1 fully saturated rings. The number of nitrogens with zero attached hydrogens (tertiary/aromatic N) is 5. The molecule has 2 aromatic carbocycles. The molecule has 190 valence electrons. The number of rotatable bonds is 6. The number of ether oxygens (including phenoxy) is 1. The summed E-state index contributed by atoms with van der Waals surface area (Å²) in [5.74, 6) is 0.625. The smallest absolute Gasteiger partial charge is 0.406 e. The van der Waals surface area contributed by atoms with Gasteiger partial charge in [-0.2, -0.15) is 4.98 Å². The van der Waals surface area contributed by atoms with E-state index in [0.29, 0.717) is 35.9 Å². The van der Waals surface area contributed by atoms with Gasteiger partial charge < -0.3 is 19.1 Å². The molecule has 0 bridgehead atoms. The lowest BCUT2D eigenvalue weighted by atomic mass is 10.0. The second-order valence-electron chi connectivity index (χ2n) is 9.28. The number of fused-ring (bicyclic) bond motifs is 1. The monoisotopic (exact) mass is 501 g/mol. The van der Waals surface area contributed by atoms with Crippen molar-refractivity contribution < 1.29 is 27.2 Å². The molecule has 2 aliphatic rings. The van der Waals surface area contributed by atoms with Crippen LogP contribution in [-0.2, 0) is 19.6 Å². The summed E-state index contributed by atoms with van der Waals surface area (Å²) in [6.07, 6.45) is -4.74. The first-order valence-electron chi connectivity index (χ1n) is 11.7. The first-order chi connectivity index (χ1) is 17.1. The van der Waals surface area contributed by atoms with Crippen molar-refractivity contribution in [1.82, 2.24) is 24.8 Å². The van der Waals surface area contributed by atoms with Crippen molar-refractivity contribution in [3.05, 3.63) is 64.5 Å². The summed E-state index contributed by atoms with van der Waals surface area (Å²) in [6, 6.07) is 9.31. The summed E-state index contributed by atoms with van der Waals surface area (Å²) in [5.41, 5.74) is 3.75. The van der Waals surface area contributed by atoms with Gasteiger partial charge in [-0.1, -0.05) is 17.3 Å². The summed E-state index contributed by atoms with van der Waals surface area (Å²) in [4.78, 5) is 23.9. The van der Waals surface area contributed by atoms with Gasteiger partial charge in [-0.25, -0.2) is 0 Å². The Bertz CT molecular complexity index is 1250. The number of hydrogen-bond donors (Lipinski definition) is 0. The van der Waals surface area contributed by atoms with Crippen LogP contribution in [0.15, 0.2) is 40.9 Å². The zero-order valence-corrected chi connectivity index (χ0v) is 20.0. The van der Waals surface area contributed by atoms with E-state index in [1.54, 1.807) is 4.90 Å². The van der Waals surface area contributed by atoms with Crippen molar-refractivity contribution in [2.24, 2.45) is 0 Å². The highest BCUT2D eigenvalue weighted by Crippen LogP contribution is 2.32. The molecule has 1 saturated heterocycles. The first-order valence-corrected chi connectivity index (χ1v) is 11.7. The molecule has 0 radical (unpaired) electrons. The lowest BCUT2D eigenvalue weighted by Crippen LogP contribution is -2.44. The molecule has 0 saturated carbocycles. The fraction of sp³-hybridized carbons (Fsp3) is 0.400. The second-order valence-corrected chi connectivity index (χ2v) is 9.28. The van der Waals surface area contributed by atoms with Gasteiger partial charge in [0, 0.05) is 50.4 Å². The Hall–Kier alpha value is -3.44. The molecular formula is C25H26F3N5O3. The molecule has 36 heavy (non-hydrogen) atoms. The Balaban J connectivity index is 1.27. The van der Waals surface area contributed by atoms with Crippen LogP contribution in [0.1, 0.15) is 32.9 Å². The van der Waals surface area contributed by atoms with Crippen molar-refractivity contribution in [1.29, 1.82) is 0 Å². The number of hydrogen-bond acceptors (Lipinski definition) is 7. The van der Waals surface area contributed by atoms with Crippen LogP contribution in [0.5, 0.6) is 5.75 Å². The summed E-state index contributed by atoms with van der Waals surface area (Å²) in [5, 5.41) is 4.14. The quantitative estimate of drug-likeness (QED) is 0.508. The van der Waals surface area contributed by atoms with E-state index in [4.69, 9.17) is 4.52 Å². The number of likely N-dealkylation sites (N-methyl/N-ethyl adjacent to an activating group) is 1. The predicted molar refractivity (Wildman–Crippen MR) is 124 cm³/mol. The zero-order chi connectivity index (χ0) is 25.4. The van der Waals surface area contributed by atoms with E-state index in [1.807, 2.05) is 19.1 Å². The molecule has 0 N–H and O–H groups in total. The number of halogens is 3. The van der Waals surface area contributed by atoms with Crippen molar-refractivity contribution in [2.75, 3.05) is 33.2 Å². The van der Waals surface area contributed by atoms with Gasteiger partial charge in [-0.05, 0) is 54.9 Å². The zero-order valence-electron chi connectivity index (χ0n) is 20.0. The van der Waals surface area contributed by atoms with E-state index in [-0.39, 0.29) is 18.2 Å². The minimum absolute atomic E-state index is 0.119. The third-order valence-corrected chi connectivity index (χ3v) is 6.49. The Morgan fingerprint density at radius 3 is 2.47 bits per heavy atom. The molecule has 11 heteroatoms. The molecular weight excluding hydrogens is 475 g/mol. The Kier molecular flexibility index (Phi) is 6.44. The summed E-state index contributed by atoms with van der Waals surface area (Å²) in [7, 11) is 2.11. The van der Waals surface area contributed by atoms with Crippen LogP contribution in [0.3, 0.4) is 0 Å². The number of carbonyl (C=O) groups is 1. The van der Waals surface area contributed by atoms with E-state index in [0.717, 1.165) is 42.9 Å². The van der Waals surface area contributed by atoms with Crippen LogP contribution in [0, 0.1) is 6.92 Å². The van der Waals surface area contributed by atoms with E-state index in [2.05, 4.69) is 31.7 Å². The normalized spacial score (nSPS) is 17.0. The molecule has 0 atom stereocenters. The van der Waals surface area contributed by atoms with Crippen molar-refractivity contribution in [2.45, 2.75) is 32.9 Å². The van der Waals surface area contributed by atoms with Crippen LogP contribution >= 0.6 is 0 Å². The van der Waals surface area contributed by atoms with Gasteiger partial charge in [-0.15, -0.1) is 13.2 Å². The highest BCUT2D eigenvalue weighted by molar-refractivity contribution is 6.00. The van der Waals surface area contributed by atoms with Gasteiger partial charge in [0.1, 0.15) is 5.75 Å². The largest absolute Gasteiger partial charge is 0.573 e. The predicted octanol–water partition coefficient (Wildman–Crippen LogP) is 3.85. The number of piperazine rings is 1. The topological polar surface area (TPSA) is 74.9 Å². The minimum Gasteiger partial charge on any atom is -0.406 e. The number of benzene rings is 2. The van der Waals surface area contributed by atoms with Crippen molar-refractivity contribution in [3.63, 3.8) is 0 Å². The van der Waals surface area contributed by atoms with Gasteiger partial charge in [0.15, 0.2) is 5.82 Å². The third kappa shape index (κ3) is 5.36. The summed E-state index contributed by atoms with van der Waals surface area (Å²) < 4.78 is 46.6. The molecule has 0 unspecified atom stereocenters. The van der Waals surface area contributed by atoms with Crippen molar-refractivity contribution >= 4 is 5.91 Å². The SMILES string of the molecule is Cc1cc(-c2nc(CN3CCN(C)CC3)no2)cc2c1C(=O)N(Cc1ccc(OC(F)(F)F)cc1)C2. The summed E-state index contributed by atoms with van der Waals surface area (Å²) >= 11 is 0. The van der Waals surface area contributed by atoms with Crippen LogP contribution < -0.4 is 4.74 Å². The molecule has 1 aromatic heterocycles. The molecule has 0 aliphatic carbocycles. The highest BCUT2D eigenvalue weighted by Gasteiger charge is 2.32. The van der Waals surface area contributed by atoms with Gasteiger partial charge in [0.25, 0.3) is 11.8 Å². The number of aryl methyl sites for hydroxylation is 1. The number of carbonyl (C=O) groups excluding carboxylic acids is 1. The standard InChI is InChI=1S/C25H26F3N5O3/c1-16-11-18(23-29-21(30-36-23)15-32-9-7-31(2)8-10-32)12-19-14-33(24(34)22(16)19)13-17-3-5-20(6-4-17)35-25(26,27)28/h3-6,11-12H,7-10,13-15H2,1-2H3. The molecule has 8 nitrogen and oxygen atoms in total. The van der Waals surface area contributed by atoms with Gasteiger partial charge in [0.05, 0.1) is 6.54 Å². The minimum atomic E-state index is -4.74. The Labute approximate surface area is 206 Å². The fourth-order valence-electron chi connectivity index (χ4n) is 4.64. The van der Waals surface area contributed by atoms with Crippen LogP contribution in [0.4, 0.5) is 13.2 Å². The number of amides is 1. The average molecular weight is 502 g/mol. The molecule has 2 aliphatic heterocycles. The maximum Gasteiger partial charge on any atom is 0.573 e. The lowest BCUT2D eigenvalue weighted by Gasteiger charge is -2.31. The average Bonchev–Trinajstić information content (AvgIpc) is 3.40. The fourth-order valence-corrected chi connectivity index (χ4v) is 4.64. The number of alkyl halides is 3. The summed E-state index contributed by atoms with van der Waals surface area (Å²) in [6.45, 7) is 7.06. The molecule has 5 rings (SSSR count). The van der Waals surface area contributed by atoms with Gasteiger partial charge in [0.2, 0.25) is 0 Å². The van der Waals surface area contributed by atoms with E-state index in [9.17, 15) is 18.0 Å². The van der Waals surface area contributed by atoms with E-state index < -0.39 is 6.36 Å². The Morgan fingerprint density at radius 1 is 1.06 bits per heavy atom. The van der Waals surface area contributed by atoms with Gasteiger partial charge in [-0.3, -0.25) is 9.69 Å². The maximum atomic E-state index is 13.1. The van der Waals surface area contributed by atoms with E-state index >= 15 is 0 Å².